The third-order valence-corrected chi connectivity index (χ3v) is 5.58. The van der Waals surface area contributed by atoms with Crippen LogP contribution in [0.4, 0.5) is 0 Å². The van der Waals surface area contributed by atoms with Gasteiger partial charge in [-0.1, -0.05) is 41.9 Å². The highest BCUT2D eigenvalue weighted by Crippen LogP contribution is 2.27. The number of amides is 1. The second-order valence-electron chi connectivity index (χ2n) is 5.98. The number of nitrogens with zero attached hydrogens (tertiary/aromatic N) is 2. The highest BCUT2D eigenvalue weighted by Gasteiger charge is 2.21. The summed E-state index contributed by atoms with van der Waals surface area (Å²) in [6.45, 7) is 1.60. The van der Waals surface area contributed by atoms with Gasteiger partial charge in [0.25, 0.3) is 5.91 Å². The number of para-hydroxylation sites is 1. The molecule has 3 aromatic rings. The maximum atomic E-state index is 13.1. The number of carbonyl (C=O) groups is 1. The van der Waals surface area contributed by atoms with Crippen LogP contribution >= 0.6 is 23.4 Å². The van der Waals surface area contributed by atoms with Gasteiger partial charge >= 0.3 is 0 Å². The Morgan fingerprint density at radius 3 is 2.52 bits per heavy atom. The highest BCUT2D eigenvalue weighted by molar-refractivity contribution is 7.99. The van der Waals surface area contributed by atoms with Crippen LogP contribution in [-0.4, -0.2) is 40.4 Å². The maximum Gasteiger partial charge on any atom is 0.254 e. The molecular weight excluding hydrogens is 352 g/mol. The number of fused-ring (bicyclic) bond motifs is 1. The summed E-state index contributed by atoms with van der Waals surface area (Å²) in [7, 11) is 0. The van der Waals surface area contributed by atoms with Crippen LogP contribution in [0.5, 0.6) is 0 Å². The minimum absolute atomic E-state index is 0.0918. The highest BCUT2D eigenvalue weighted by atomic mass is 35.5. The molecule has 1 saturated heterocycles. The Morgan fingerprint density at radius 2 is 1.76 bits per heavy atom. The Morgan fingerprint density at radius 1 is 1.04 bits per heavy atom. The number of hydrogen-bond acceptors (Lipinski definition) is 3. The van der Waals surface area contributed by atoms with Gasteiger partial charge in [0.15, 0.2) is 0 Å². The van der Waals surface area contributed by atoms with Crippen LogP contribution in [0.15, 0.2) is 54.6 Å². The molecule has 1 aliphatic rings. The monoisotopic (exact) mass is 368 g/mol. The van der Waals surface area contributed by atoms with E-state index in [1.54, 1.807) is 0 Å². The predicted octanol–water partition coefficient (Wildman–Crippen LogP) is 4.74. The van der Waals surface area contributed by atoms with Gasteiger partial charge in [-0.3, -0.25) is 4.79 Å². The van der Waals surface area contributed by atoms with Crippen LogP contribution in [0, 0.1) is 0 Å². The van der Waals surface area contributed by atoms with E-state index in [4.69, 9.17) is 16.6 Å². The van der Waals surface area contributed by atoms with Crippen molar-refractivity contribution in [2.45, 2.75) is 0 Å². The van der Waals surface area contributed by atoms with Gasteiger partial charge in [-0.15, -0.1) is 0 Å². The van der Waals surface area contributed by atoms with E-state index in [0.717, 1.165) is 52.3 Å². The lowest BCUT2D eigenvalue weighted by Crippen LogP contribution is -2.38. The van der Waals surface area contributed by atoms with Crippen molar-refractivity contribution in [3.05, 3.63) is 65.2 Å². The molecule has 25 heavy (non-hydrogen) atoms. The van der Waals surface area contributed by atoms with Crippen LogP contribution < -0.4 is 0 Å². The fourth-order valence-electron chi connectivity index (χ4n) is 3.06. The van der Waals surface area contributed by atoms with Crippen molar-refractivity contribution in [3.8, 4) is 11.3 Å². The smallest absolute Gasteiger partial charge is 0.254 e. The molecule has 0 unspecified atom stereocenters. The molecule has 0 N–H and O–H groups in total. The second-order valence-corrected chi connectivity index (χ2v) is 7.64. The van der Waals surface area contributed by atoms with Crippen molar-refractivity contribution in [1.82, 2.24) is 9.88 Å². The van der Waals surface area contributed by atoms with E-state index < -0.39 is 0 Å². The molecule has 0 atom stereocenters. The van der Waals surface area contributed by atoms with Crippen molar-refractivity contribution in [3.63, 3.8) is 0 Å². The molecule has 126 valence electrons. The predicted molar refractivity (Wildman–Crippen MR) is 105 cm³/mol. The molecule has 4 rings (SSSR count). The summed E-state index contributed by atoms with van der Waals surface area (Å²) >= 11 is 7.89. The van der Waals surface area contributed by atoms with Gasteiger partial charge in [-0.2, -0.15) is 11.8 Å². The van der Waals surface area contributed by atoms with E-state index >= 15 is 0 Å². The Bertz CT molecular complexity index is 921. The molecule has 0 aliphatic carbocycles. The van der Waals surface area contributed by atoms with E-state index in [9.17, 15) is 4.79 Å². The number of pyridine rings is 1. The van der Waals surface area contributed by atoms with E-state index in [2.05, 4.69) is 0 Å². The first-order valence-electron chi connectivity index (χ1n) is 8.25. The van der Waals surface area contributed by atoms with E-state index in [-0.39, 0.29) is 5.91 Å². The lowest BCUT2D eigenvalue weighted by Gasteiger charge is -2.27. The zero-order chi connectivity index (χ0) is 17.2. The fourth-order valence-corrected chi connectivity index (χ4v) is 4.09. The number of hydrogen-bond donors (Lipinski definition) is 0. The molecule has 1 aliphatic heterocycles. The van der Waals surface area contributed by atoms with Crippen molar-refractivity contribution < 1.29 is 4.79 Å². The normalized spacial score (nSPS) is 14.7. The molecule has 5 heteroatoms. The molecule has 2 aromatic carbocycles. The standard InChI is InChI=1S/C20H17ClN2OS/c21-15-7-5-14(6-8-15)19-13-17(16-3-1-2-4-18(16)22-19)20(24)23-9-11-25-12-10-23/h1-8,13H,9-12H2. The summed E-state index contributed by atoms with van der Waals surface area (Å²) in [4.78, 5) is 19.8. The van der Waals surface area contributed by atoms with Gasteiger partial charge in [0, 0.05) is 40.6 Å². The third-order valence-electron chi connectivity index (χ3n) is 4.38. The summed E-state index contributed by atoms with van der Waals surface area (Å²) in [5.41, 5.74) is 3.32. The Labute approximate surface area is 156 Å². The van der Waals surface area contributed by atoms with Crippen molar-refractivity contribution in [1.29, 1.82) is 0 Å². The average Bonchev–Trinajstić information content (AvgIpc) is 2.68. The van der Waals surface area contributed by atoms with Crippen molar-refractivity contribution in [2.24, 2.45) is 0 Å². The minimum Gasteiger partial charge on any atom is -0.337 e. The van der Waals surface area contributed by atoms with Gasteiger partial charge in [-0.05, 0) is 24.3 Å². The Hall–Kier alpha value is -2.04. The number of halogens is 1. The lowest BCUT2D eigenvalue weighted by atomic mass is 10.0. The number of carbonyl (C=O) groups excluding carboxylic acids is 1. The van der Waals surface area contributed by atoms with Gasteiger partial charge in [-0.25, -0.2) is 4.98 Å². The van der Waals surface area contributed by atoms with Crippen LogP contribution in [0.3, 0.4) is 0 Å². The molecule has 3 nitrogen and oxygen atoms in total. The largest absolute Gasteiger partial charge is 0.337 e. The average molecular weight is 369 g/mol. The zero-order valence-corrected chi connectivity index (χ0v) is 15.2. The summed E-state index contributed by atoms with van der Waals surface area (Å²) in [5.74, 6) is 2.09. The molecule has 0 radical (unpaired) electrons. The number of thioether (sulfide) groups is 1. The topological polar surface area (TPSA) is 33.2 Å². The SMILES string of the molecule is O=C(c1cc(-c2ccc(Cl)cc2)nc2ccccc12)N1CCSCC1. The minimum atomic E-state index is 0.0918. The molecule has 0 bridgehead atoms. The number of rotatable bonds is 2. The van der Waals surface area contributed by atoms with Crippen LogP contribution in [0.2, 0.25) is 5.02 Å². The fraction of sp³-hybridized carbons (Fsp3) is 0.200. The van der Waals surface area contributed by atoms with E-state index in [1.807, 2.05) is 71.3 Å². The molecule has 0 saturated carbocycles. The van der Waals surface area contributed by atoms with Crippen LogP contribution in [-0.2, 0) is 0 Å². The first kappa shape index (κ1) is 16.4. The first-order valence-corrected chi connectivity index (χ1v) is 9.78. The first-order chi connectivity index (χ1) is 12.2. The summed E-state index contributed by atoms with van der Waals surface area (Å²) in [6.07, 6.45) is 0. The molecular formula is C20H17ClN2OS. The lowest BCUT2D eigenvalue weighted by molar-refractivity contribution is 0.0774. The van der Waals surface area contributed by atoms with E-state index in [1.165, 1.54) is 0 Å². The number of benzene rings is 2. The summed E-state index contributed by atoms with van der Waals surface area (Å²) < 4.78 is 0. The molecule has 2 heterocycles. The summed E-state index contributed by atoms with van der Waals surface area (Å²) in [6, 6.07) is 17.3. The quantitative estimate of drug-likeness (QED) is 0.654. The van der Waals surface area contributed by atoms with Crippen molar-refractivity contribution in [2.75, 3.05) is 24.6 Å². The second kappa shape index (κ2) is 7.06. The Balaban J connectivity index is 1.83. The van der Waals surface area contributed by atoms with Crippen molar-refractivity contribution >= 4 is 40.2 Å². The number of aromatic nitrogens is 1. The zero-order valence-electron chi connectivity index (χ0n) is 13.6. The maximum absolute atomic E-state index is 13.1. The molecule has 1 amide bonds. The van der Waals surface area contributed by atoms with Gasteiger partial charge in [0.05, 0.1) is 16.8 Å². The van der Waals surface area contributed by atoms with Gasteiger partial charge in [0.1, 0.15) is 0 Å². The van der Waals surface area contributed by atoms with Crippen LogP contribution in [0.1, 0.15) is 10.4 Å². The van der Waals surface area contributed by atoms with Crippen LogP contribution in [0.25, 0.3) is 22.2 Å². The molecule has 1 fully saturated rings. The summed E-state index contributed by atoms with van der Waals surface area (Å²) in [5, 5.41) is 1.59. The van der Waals surface area contributed by atoms with Gasteiger partial charge in [0.2, 0.25) is 0 Å². The Kier molecular flexibility index (Phi) is 4.64. The van der Waals surface area contributed by atoms with Gasteiger partial charge < -0.3 is 4.90 Å². The third kappa shape index (κ3) is 3.37. The molecule has 1 aromatic heterocycles. The van der Waals surface area contributed by atoms with E-state index in [0.29, 0.717) is 5.02 Å². The molecule has 0 spiro atoms.